The Morgan fingerprint density at radius 3 is 2.39 bits per heavy atom. The summed E-state index contributed by atoms with van der Waals surface area (Å²) in [6, 6.07) is 11.3. The second kappa shape index (κ2) is 7.98. The molecule has 0 unspecified atom stereocenters. The van der Waals surface area contributed by atoms with E-state index in [1.807, 2.05) is 12.3 Å². The first-order chi connectivity index (χ1) is 13.6. The van der Waals surface area contributed by atoms with Gasteiger partial charge in [-0.05, 0) is 54.6 Å². The number of pyridine rings is 1. The van der Waals surface area contributed by atoms with Gasteiger partial charge in [0.2, 0.25) is 11.8 Å². The van der Waals surface area contributed by atoms with E-state index in [2.05, 4.69) is 32.0 Å². The summed E-state index contributed by atoms with van der Waals surface area (Å²) < 4.78 is 1.24. The number of nitrogens with zero attached hydrogens (tertiary/aromatic N) is 2. The molecule has 2 N–H and O–H groups in total. The lowest BCUT2D eigenvalue weighted by molar-refractivity contribution is -0.120. The summed E-state index contributed by atoms with van der Waals surface area (Å²) >= 11 is 1.72. The van der Waals surface area contributed by atoms with Crippen LogP contribution in [-0.2, 0) is 9.59 Å². The first kappa shape index (κ1) is 18.4. The van der Waals surface area contributed by atoms with Gasteiger partial charge in [-0.15, -0.1) is 11.3 Å². The highest BCUT2D eigenvalue weighted by molar-refractivity contribution is 7.17. The van der Waals surface area contributed by atoms with Crippen molar-refractivity contribution in [3.8, 4) is 0 Å². The van der Waals surface area contributed by atoms with Crippen LogP contribution in [0.1, 0.15) is 19.8 Å². The van der Waals surface area contributed by atoms with Crippen LogP contribution in [0.3, 0.4) is 0 Å². The number of fused-ring (bicyclic) bond motifs is 1. The van der Waals surface area contributed by atoms with Crippen LogP contribution in [0.5, 0.6) is 0 Å². The third-order valence-electron chi connectivity index (χ3n) is 5.00. The van der Waals surface area contributed by atoms with Crippen molar-refractivity contribution in [2.24, 2.45) is 5.92 Å². The van der Waals surface area contributed by atoms with E-state index in [9.17, 15) is 9.59 Å². The minimum atomic E-state index is -0.115. The zero-order chi connectivity index (χ0) is 19.5. The van der Waals surface area contributed by atoms with Gasteiger partial charge in [0.1, 0.15) is 5.82 Å². The largest absolute Gasteiger partial charge is 0.356 e. The fourth-order valence-corrected chi connectivity index (χ4v) is 4.35. The summed E-state index contributed by atoms with van der Waals surface area (Å²) in [5.74, 6) is 0.948. The SMILES string of the molecule is CC(=O)Nc1ccc(NC(=O)C2CCN(c3nccc4sccc34)CC2)cc1. The minimum Gasteiger partial charge on any atom is -0.356 e. The van der Waals surface area contributed by atoms with Crippen LogP contribution >= 0.6 is 11.3 Å². The molecule has 6 nitrogen and oxygen atoms in total. The predicted octanol–water partition coefficient (Wildman–Crippen LogP) is 4.11. The molecule has 1 saturated heterocycles. The van der Waals surface area contributed by atoms with Crippen LogP contribution in [0.4, 0.5) is 17.2 Å². The number of hydrogen-bond acceptors (Lipinski definition) is 5. The molecule has 0 saturated carbocycles. The molecular formula is C21H22N4O2S. The van der Waals surface area contributed by atoms with Gasteiger partial charge < -0.3 is 15.5 Å². The van der Waals surface area contributed by atoms with Gasteiger partial charge in [-0.3, -0.25) is 9.59 Å². The van der Waals surface area contributed by atoms with Crippen molar-refractivity contribution in [1.29, 1.82) is 0 Å². The maximum atomic E-state index is 12.6. The Morgan fingerprint density at radius 1 is 1.04 bits per heavy atom. The Bertz CT molecular complexity index is 991. The Hall–Kier alpha value is -2.93. The lowest BCUT2D eigenvalue weighted by atomic mass is 9.95. The van der Waals surface area contributed by atoms with Gasteiger partial charge >= 0.3 is 0 Å². The standard InChI is InChI=1S/C21H22N4O2S/c1-14(26)23-16-2-4-17(5-3-16)24-21(27)15-7-11-25(12-8-15)20-18-9-13-28-19(18)6-10-22-20/h2-6,9-10,13,15H,7-8,11-12H2,1H3,(H,23,26)(H,24,27). The van der Waals surface area contributed by atoms with Crippen molar-refractivity contribution in [1.82, 2.24) is 4.98 Å². The molecule has 0 bridgehead atoms. The van der Waals surface area contributed by atoms with Gasteiger partial charge in [-0.1, -0.05) is 0 Å². The number of aromatic nitrogens is 1. The van der Waals surface area contributed by atoms with E-state index in [0.717, 1.165) is 37.4 Å². The Labute approximate surface area is 167 Å². The summed E-state index contributed by atoms with van der Waals surface area (Å²) in [4.78, 5) is 30.6. The molecule has 0 spiro atoms. The zero-order valence-electron chi connectivity index (χ0n) is 15.6. The van der Waals surface area contributed by atoms with Crippen molar-refractivity contribution in [2.75, 3.05) is 28.6 Å². The second-order valence-electron chi connectivity index (χ2n) is 6.98. The van der Waals surface area contributed by atoms with Crippen molar-refractivity contribution < 1.29 is 9.59 Å². The van der Waals surface area contributed by atoms with Gasteiger partial charge in [0.25, 0.3) is 0 Å². The maximum absolute atomic E-state index is 12.6. The van der Waals surface area contributed by atoms with Gasteiger partial charge in [-0.2, -0.15) is 0 Å². The third-order valence-corrected chi connectivity index (χ3v) is 5.88. The van der Waals surface area contributed by atoms with Crippen LogP contribution < -0.4 is 15.5 Å². The molecule has 144 valence electrons. The van der Waals surface area contributed by atoms with Crippen LogP contribution in [0, 0.1) is 5.92 Å². The molecule has 28 heavy (non-hydrogen) atoms. The van der Waals surface area contributed by atoms with Gasteiger partial charge in [0, 0.05) is 53.6 Å². The first-order valence-corrected chi connectivity index (χ1v) is 10.2. The number of nitrogens with one attached hydrogen (secondary N) is 2. The number of carbonyl (C=O) groups excluding carboxylic acids is 2. The summed E-state index contributed by atoms with van der Waals surface area (Å²) in [5, 5.41) is 8.99. The molecule has 0 radical (unpaired) electrons. The first-order valence-electron chi connectivity index (χ1n) is 9.36. The van der Waals surface area contributed by atoms with E-state index >= 15 is 0 Å². The second-order valence-corrected chi connectivity index (χ2v) is 7.92. The van der Waals surface area contributed by atoms with Crippen molar-refractivity contribution >= 4 is 50.4 Å². The lowest BCUT2D eigenvalue weighted by Crippen LogP contribution is -2.38. The number of thiophene rings is 1. The number of carbonyl (C=O) groups is 2. The molecule has 1 aliphatic rings. The zero-order valence-corrected chi connectivity index (χ0v) is 16.5. The highest BCUT2D eigenvalue weighted by Gasteiger charge is 2.26. The topological polar surface area (TPSA) is 74.3 Å². The van der Waals surface area contributed by atoms with E-state index in [4.69, 9.17) is 0 Å². The van der Waals surface area contributed by atoms with E-state index in [-0.39, 0.29) is 17.7 Å². The average Bonchev–Trinajstić information content (AvgIpc) is 3.18. The molecule has 1 aromatic carbocycles. The molecule has 1 aliphatic heterocycles. The fourth-order valence-electron chi connectivity index (χ4n) is 3.57. The van der Waals surface area contributed by atoms with Crippen molar-refractivity contribution in [3.05, 3.63) is 48.0 Å². The summed E-state index contributed by atoms with van der Waals surface area (Å²) in [6.07, 6.45) is 3.47. The van der Waals surface area contributed by atoms with E-state index in [0.29, 0.717) is 5.69 Å². The highest BCUT2D eigenvalue weighted by atomic mass is 32.1. The quantitative estimate of drug-likeness (QED) is 0.698. The van der Waals surface area contributed by atoms with Gasteiger partial charge in [0.15, 0.2) is 0 Å². The number of hydrogen-bond donors (Lipinski definition) is 2. The monoisotopic (exact) mass is 394 g/mol. The number of piperidine rings is 1. The third kappa shape index (κ3) is 3.99. The molecular weight excluding hydrogens is 372 g/mol. The fraction of sp³-hybridized carbons (Fsp3) is 0.286. The summed E-state index contributed by atoms with van der Waals surface area (Å²) in [5.41, 5.74) is 1.46. The average molecular weight is 395 g/mol. The summed E-state index contributed by atoms with van der Waals surface area (Å²) in [6.45, 7) is 3.11. The smallest absolute Gasteiger partial charge is 0.227 e. The maximum Gasteiger partial charge on any atom is 0.227 e. The number of benzene rings is 1. The molecule has 1 fully saturated rings. The number of rotatable bonds is 4. The normalized spacial score (nSPS) is 14.8. The van der Waals surface area contributed by atoms with Gasteiger partial charge in [0.05, 0.1) is 0 Å². The molecule has 3 heterocycles. The Kier molecular flexibility index (Phi) is 5.25. The Balaban J connectivity index is 1.35. The van der Waals surface area contributed by atoms with Crippen molar-refractivity contribution in [2.45, 2.75) is 19.8 Å². The highest BCUT2D eigenvalue weighted by Crippen LogP contribution is 2.31. The molecule has 0 atom stereocenters. The molecule has 2 amide bonds. The molecule has 7 heteroatoms. The molecule has 3 aromatic rings. The molecule has 4 rings (SSSR count). The molecule has 2 aromatic heterocycles. The predicted molar refractivity (Wildman–Crippen MR) is 114 cm³/mol. The van der Waals surface area contributed by atoms with Crippen LogP contribution in [0.2, 0.25) is 0 Å². The van der Waals surface area contributed by atoms with E-state index in [1.54, 1.807) is 35.6 Å². The van der Waals surface area contributed by atoms with Crippen LogP contribution in [0.25, 0.3) is 10.1 Å². The summed E-state index contributed by atoms with van der Waals surface area (Å²) in [7, 11) is 0. The molecule has 0 aliphatic carbocycles. The number of anilines is 3. The van der Waals surface area contributed by atoms with Crippen LogP contribution in [0.15, 0.2) is 48.0 Å². The van der Waals surface area contributed by atoms with Gasteiger partial charge in [-0.25, -0.2) is 4.98 Å². The minimum absolute atomic E-state index is 0.00653. The number of amides is 2. The van der Waals surface area contributed by atoms with Crippen LogP contribution in [-0.4, -0.2) is 29.9 Å². The van der Waals surface area contributed by atoms with Crippen molar-refractivity contribution in [3.63, 3.8) is 0 Å². The van der Waals surface area contributed by atoms with E-state index < -0.39 is 0 Å². The lowest BCUT2D eigenvalue weighted by Gasteiger charge is -2.32. The van der Waals surface area contributed by atoms with E-state index in [1.165, 1.54) is 17.0 Å². The Morgan fingerprint density at radius 2 is 1.71 bits per heavy atom.